The van der Waals surface area contributed by atoms with Crippen LogP contribution in [0.25, 0.3) is 0 Å². The predicted molar refractivity (Wildman–Crippen MR) is 57.7 cm³/mol. The zero-order valence-corrected chi connectivity index (χ0v) is 9.62. The highest BCUT2D eigenvalue weighted by Crippen LogP contribution is 2.21. The zero-order chi connectivity index (χ0) is 11.1. The smallest absolute Gasteiger partial charge is 0.305 e. The second-order valence-electron chi connectivity index (χ2n) is 4.00. The first kappa shape index (κ1) is 12.5. The number of hydrogen-bond acceptors (Lipinski definition) is 4. The normalized spacial score (nSPS) is 25.5. The molecule has 2 atom stereocenters. The highest BCUT2D eigenvalue weighted by Gasteiger charge is 2.23. The van der Waals surface area contributed by atoms with Crippen molar-refractivity contribution in [3.63, 3.8) is 0 Å². The lowest BCUT2D eigenvalue weighted by Gasteiger charge is -2.12. The van der Waals surface area contributed by atoms with Crippen LogP contribution in [0.3, 0.4) is 0 Å². The van der Waals surface area contributed by atoms with Crippen molar-refractivity contribution in [2.24, 2.45) is 0 Å². The van der Waals surface area contributed by atoms with Gasteiger partial charge in [-0.15, -0.1) is 0 Å². The Hall–Kier alpha value is -0.610. The van der Waals surface area contributed by atoms with E-state index in [2.05, 4.69) is 10.1 Å². The van der Waals surface area contributed by atoms with E-state index in [1.165, 1.54) is 13.5 Å². The van der Waals surface area contributed by atoms with Crippen molar-refractivity contribution in [3.05, 3.63) is 0 Å². The van der Waals surface area contributed by atoms with Crippen LogP contribution < -0.4 is 5.32 Å². The van der Waals surface area contributed by atoms with Crippen molar-refractivity contribution < 1.29 is 14.3 Å². The fourth-order valence-electron chi connectivity index (χ4n) is 1.98. The maximum absolute atomic E-state index is 10.8. The molecule has 0 saturated heterocycles. The molecule has 4 nitrogen and oxygen atoms in total. The van der Waals surface area contributed by atoms with Crippen LogP contribution in [0.4, 0.5) is 0 Å². The van der Waals surface area contributed by atoms with Gasteiger partial charge in [-0.05, 0) is 32.2 Å². The minimum Gasteiger partial charge on any atom is -0.469 e. The van der Waals surface area contributed by atoms with Crippen molar-refractivity contribution in [1.29, 1.82) is 0 Å². The number of nitrogens with one attached hydrogen (secondary N) is 1. The monoisotopic (exact) mass is 215 g/mol. The summed E-state index contributed by atoms with van der Waals surface area (Å²) in [7, 11) is 3.19. The summed E-state index contributed by atoms with van der Waals surface area (Å²) in [5.41, 5.74) is 0. The SMILES string of the molecule is COC(=O)CCCNC1CCC(OC)C1. The average Bonchev–Trinajstić information content (AvgIpc) is 2.72. The molecular formula is C11H21NO3. The first-order valence-corrected chi connectivity index (χ1v) is 5.59. The minimum absolute atomic E-state index is 0.127. The van der Waals surface area contributed by atoms with Crippen LogP contribution in [0.1, 0.15) is 32.1 Å². The molecule has 1 aliphatic rings. The van der Waals surface area contributed by atoms with E-state index in [0.29, 0.717) is 18.6 Å². The van der Waals surface area contributed by atoms with Gasteiger partial charge in [0.2, 0.25) is 0 Å². The molecule has 1 saturated carbocycles. The van der Waals surface area contributed by atoms with Gasteiger partial charge in [0.1, 0.15) is 0 Å². The number of carbonyl (C=O) groups is 1. The fourth-order valence-corrected chi connectivity index (χ4v) is 1.98. The third-order valence-corrected chi connectivity index (χ3v) is 2.94. The van der Waals surface area contributed by atoms with Gasteiger partial charge in [-0.2, -0.15) is 0 Å². The molecule has 0 aromatic rings. The first-order chi connectivity index (χ1) is 7.26. The van der Waals surface area contributed by atoms with E-state index >= 15 is 0 Å². The number of hydrogen-bond donors (Lipinski definition) is 1. The Kier molecular flexibility index (Phi) is 5.65. The van der Waals surface area contributed by atoms with Crippen LogP contribution in [-0.2, 0) is 14.3 Å². The topological polar surface area (TPSA) is 47.6 Å². The Morgan fingerprint density at radius 2 is 2.20 bits per heavy atom. The Balaban J connectivity index is 1.99. The maximum Gasteiger partial charge on any atom is 0.305 e. The molecule has 0 aliphatic heterocycles. The quantitative estimate of drug-likeness (QED) is 0.532. The number of ether oxygens (including phenoxy) is 2. The highest BCUT2D eigenvalue weighted by atomic mass is 16.5. The Morgan fingerprint density at radius 3 is 2.80 bits per heavy atom. The van der Waals surface area contributed by atoms with Crippen LogP contribution in [0.15, 0.2) is 0 Å². The second-order valence-corrected chi connectivity index (χ2v) is 4.00. The second kappa shape index (κ2) is 6.80. The van der Waals surface area contributed by atoms with E-state index in [9.17, 15) is 4.79 Å². The molecule has 1 rings (SSSR count). The van der Waals surface area contributed by atoms with Gasteiger partial charge in [-0.1, -0.05) is 0 Å². The van der Waals surface area contributed by atoms with Gasteiger partial charge in [-0.25, -0.2) is 0 Å². The van der Waals surface area contributed by atoms with Crippen molar-refractivity contribution in [1.82, 2.24) is 5.32 Å². The molecule has 4 heteroatoms. The van der Waals surface area contributed by atoms with E-state index in [1.54, 1.807) is 7.11 Å². The van der Waals surface area contributed by atoms with Crippen LogP contribution in [0, 0.1) is 0 Å². The van der Waals surface area contributed by atoms with E-state index < -0.39 is 0 Å². The minimum atomic E-state index is -0.127. The van der Waals surface area contributed by atoms with Crippen molar-refractivity contribution in [3.8, 4) is 0 Å². The molecule has 0 aromatic carbocycles. The third kappa shape index (κ3) is 4.62. The molecule has 15 heavy (non-hydrogen) atoms. The summed E-state index contributed by atoms with van der Waals surface area (Å²) in [6, 6.07) is 0.563. The van der Waals surface area contributed by atoms with Crippen molar-refractivity contribution in [2.75, 3.05) is 20.8 Å². The summed E-state index contributed by atoms with van der Waals surface area (Å²) in [6.45, 7) is 0.885. The number of esters is 1. The molecule has 88 valence electrons. The number of carbonyl (C=O) groups excluding carboxylic acids is 1. The summed E-state index contributed by atoms with van der Waals surface area (Å²) in [6.07, 6.45) is 5.18. The molecule has 0 heterocycles. The van der Waals surface area contributed by atoms with Crippen LogP contribution in [-0.4, -0.2) is 38.9 Å². The van der Waals surface area contributed by atoms with Crippen LogP contribution in [0.2, 0.25) is 0 Å². The Morgan fingerprint density at radius 1 is 1.40 bits per heavy atom. The van der Waals surface area contributed by atoms with Crippen LogP contribution in [0.5, 0.6) is 0 Å². The van der Waals surface area contributed by atoms with E-state index in [-0.39, 0.29) is 5.97 Å². The van der Waals surface area contributed by atoms with Gasteiger partial charge in [-0.3, -0.25) is 4.79 Å². The molecule has 2 unspecified atom stereocenters. The van der Waals surface area contributed by atoms with Gasteiger partial charge in [0, 0.05) is 19.6 Å². The molecular weight excluding hydrogens is 194 g/mol. The predicted octanol–water partition coefficient (Wildman–Crippen LogP) is 1.10. The Bertz CT molecular complexity index is 196. The molecule has 0 spiro atoms. The van der Waals surface area contributed by atoms with E-state index in [4.69, 9.17) is 4.74 Å². The summed E-state index contributed by atoms with van der Waals surface area (Å²) in [5.74, 6) is -0.127. The van der Waals surface area contributed by atoms with Gasteiger partial charge in [0.15, 0.2) is 0 Å². The lowest BCUT2D eigenvalue weighted by Crippen LogP contribution is -2.28. The van der Waals surface area contributed by atoms with Crippen molar-refractivity contribution >= 4 is 5.97 Å². The lowest BCUT2D eigenvalue weighted by molar-refractivity contribution is -0.140. The molecule has 1 N–H and O–H groups in total. The van der Waals surface area contributed by atoms with Gasteiger partial charge in [0.05, 0.1) is 13.2 Å². The average molecular weight is 215 g/mol. The molecule has 0 aromatic heterocycles. The highest BCUT2D eigenvalue weighted by molar-refractivity contribution is 5.69. The summed E-state index contributed by atoms with van der Waals surface area (Å²) in [5, 5.41) is 3.44. The van der Waals surface area contributed by atoms with Crippen molar-refractivity contribution in [2.45, 2.75) is 44.2 Å². The Labute approximate surface area is 91.3 Å². The number of rotatable bonds is 6. The standard InChI is InChI=1S/C11H21NO3/c1-14-10-6-5-9(8-10)12-7-3-4-11(13)15-2/h9-10,12H,3-8H2,1-2H3. The molecule has 1 aliphatic carbocycles. The van der Waals surface area contributed by atoms with Crippen LogP contribution >= 0.6 is 0 Å². The molecule has 0 radical (unpaired) electrons. The summed E-state index contributed by atoms with van der Waals surface area (Å²) in [4.78, 5) is 10.8. The largest absolute Gasteiger partial charge is 0.469 e. The third-order valence-electron chi connectivity index (χ3n) is 2.94. The summed E-state index contributed by atoms with van der Waals surface area (Å²) >= 11 is 0. The van der Waals surface area contributed by atoms with Gasteiger partial charge < -0.3 is 14.8 Å². The zero-order valence-electron chi connectivity index (χ0n) is 9.62. The fraction of sp³-hybridized carbons (Fsp3) is 0.909. The summed E-state index contributed by atoms with van der Waals surface area (Å²) < 4.78 is 9.86. The number of methoxy groups -OCH3 is 2. The molecule has 0 bridgehead atoms. The van der Waals surface area contributed by atoms with Gasteiger partial charge in [0.25, 0.3) is 0 Å². The molecule has 0 amide bonds. The van der Waals surface area contributed by atoms with E-state index in [0.717, 1.165) is 25.8 Å². The first-order valence-electron chi connectivity index (χ1n) is 5.59. The lowest BCUT2D eigenvalue weighted by atomic mass is 10.2. The van der Waals surface area contributed by atoms with E-state index in [1.807, 2.05) is 0 Å². The van der Waals surface area contributed by atoms with Gasteiger partial charge >= 0.3 is 5.97 Å². The molecule has 1 fully saturated rings. The maximum atomic E-state index is 10.8.